The zero-order valence-corrected chi connectivity index (χ0v) is 11.6. The maximum atomic E-state index is 11.9. The molecule has 0 heterocycles. The summed E-state index contributed by atoms with van der Waals surface area (Å²) in [5, 5.41) is 29.2. The Hall–Kier alpha value is -2.32. The number of carboxylic acids is 1. The lowest BCUT2D eigenvalue weighted by Gasteiger charge is -2.21. The summed E-state index contributed by atoms with van der Waals surface area (Å²) in [5.41, 5.74) is 0.334. The highest BCUT2D eigenvalue weighted by atomic mass is 16.5. The first kappa shape index (κ1) is 16.7. The Morgan fingerprint density at radius 2 is 1.86 bits per heavy atom. The minimum Gasteiger partial charge on any atom is -0.496 e. The van der Waals surface area contributed by atoms with Gasteiger partial charge in [0.2, 0.25) is 0 Å². The van der Waals surface area contributed by atoms with Crippen LogP contribution in [0, 0.1) is 0 Å². The molecule has 0 saturated carbocycles. The second-order valence-corrected chi connectivity index (χ2v) is 4.08. The normalized spacial score (nSPS) is 10.0. The molecule has 0 radical (unpaired) electrons. The fraction of sp³-hybridized carbons (Fsp3) is 0.385. The fourth-order valence-electron chi connectivity index (χ4n) is 1.70. The molecule has 0 aliphatic carbocycles. The number of carboxylic acid groups (broad SMARTS) is 1. The second kappa shape index (κ2) is 8.08. The first-order valence-corrected chi connectivity index (χ1v) is 6.22. The molecule has 1 aromatic carbocycles. The van der Waals surface area contributed by atoms with Crippen molar-refractivity contribution in [3.05, 3.63) is 23.8 Å². The predicted molar refractivity (Wildman–Crippen MR) is 74.7 cm³/mol. The number of methoxy groups -OCH3 is 1. The lowest BCUT2D eigenvalue weighted by atomic mass is 10.2. The third-order valence-corrected chi connectivity index (χ3v) is 2.71. The summed E-state index contributed by atoms with van der Waals surface area (Å²) in [5.74, 6) is -1.01. The molecule has 8 heteroatoms. The average Bonchev–Trinajstić information content (AvgIpc) is 2.46. The Morgan fingerprint density at radius 1 is 1.24 bits per heavy atom. The van der Waals surface area contributed by atoms with Gasteiger partial charge in [-0.3, -0.25) is 0 Å². The SMILES string of the molecule is COc1cc(NC(=O)N(CCO)CCO)ccc1C(=O)O. The van der Waals surface area contributed by atoms with E-state index in [1.807, 2.05) is 0 Å². The van der Waals surface area contributed by atoms with Gasteiger partial charge in [-0.1, -0.05) is 0 Å². The number of benzene rings is 1. The summed E-state index contributed by atoms with van der Waals surface area (Å²) >= 11 is 0. The van der Waals surface area contributed by atoms with Crippen LogP contribution in [0.15, 0.2) is 18.2 Å². The molecule has 0 unspecified atom stereocenters. The van der Waals surface area contributed by atoms with Crippen molar-refractivity contribution in [2.24, 2.45) is 0 Å². The molecule has 0 aliphatic rings. The molecule has 0 bridgehead atoms. The molecule has 1 aromatic rings. The van der Waals surface area contributed by atoms with Crippen molar-refractivity contribution in [2.45, 2.75) is 0 Å². The van der Waals surface area contributed by atoms with E-state index in [4.69, 9.17) is 20.1 Å². The van der Waals surface area contributed by atoms with Crippen molar-refractivity contribution in [3.8, 4) is 5.75 Å². The van der Waals surface area contributed by atoms with E-state index < -0.39 is 12.0 Å². The van der Waals surface area contributed by atoms with Crippen molar-refractivity contribution in [1.29, 1.82) is 0 Å². The van der Waals surface area contributed by atoms with Gasteiger partial charge >= 0.3 is 12.0 Å². The van der Waals surface area contributed by atoms with Crippen LogP contribution in [-0.2, 0) is 0 Å². The summed E-state index contributed by atoms with van der Waals surface area (Å²) in [4.78, 5) is 24.1. The van der Waals surface area contributed by atoms with E-state index in [0.29, 0.717) is 5.69 Å². The Labute approximate surface area is 121 Å². The van der Waals surface area contributed by atoms with Crippen molar-refractivity contribution < 1.29 is 29.6 Å². The molecule has 116 valence electrons. The number of ether oxygens (including phenoxy) is 1. The summed E-state index contributed by atoms with van der Waals surface area (Å²) in [7, 11) is 1.33. The summed E-state index contributed by atoms with van der Waals surface area (Å²) in [6.45, 7) is -0.295. The number of anilines is 1. The molecule has 0 spiro atoms. The summed E-state index contributed by atoms with van der Waals surface area (Å²) in [6.07, 6.45) is 0. The minimum absolute atomic E-state index is 0.0157. The van der Waals surface area contributed by atoms with Crippen LogP contribution < -0.4 is 10.1 Å². The van der Waals surface area contributed by atoms with Crippen LogP contribution in [0.25, 0.3) is 0 Å². The molecule has 2 amide bonds. The van der Waals surface area contributed by atoms with Crippen LogP contribution in [0.1, 0.15) is 10.4 Å². The van der Waals surface area contributed by atoms with E-state index in [9.17, 15) is 9.59 Å². The molecular formula is C13H18N2O6. The van der Waals surface area contributed by atoms with Crippen molar-refractivity contribution in [3.63, 3.8) is 0 Å². The van der Waals surface area contributed by atoms with E-state index in [1.165, 1.54) is 30.2 Å². The van der Waals surface area contributed by atoms with Crippen LogP contribution in [-0.4, -0.2) is 65.6 Å². The largest absolute Gasteiger partial charge is 0.496 e. The molecule has 21 heavy (non-hydrogen) atoms. The highest BCUT2D eigenvalue weighted by Crippen LogP contribution is 2.23. The third kappa shape index (κ3) is 4.62. The number of hydrogen-bond donors (Lipinski definition) is 4. The molecule has 4 N–H and O–H groups in total. The predicted octanol–water partition coefficient (Wildman–Crippen LogP) is 0.212. The Morgan fingerprint density at radius 3 is 2.33 bits per heavy atom. The molecule has 0 aliphatic heterocycles. The molecule has 0 atom stereocenters. The number of urea groups is 1. The summed E-state index contributed by atoms with van der Waals surface area (Å²) < 4.78 is 4.96. The number of aliphatic hydroxyl groups excluding tert-OH is 2. The minimum atomic E-state index is -1.13. The van der Waals surface area contributed by atoms with E-state index in [1.54, 1.807) is 0 Å². The molecule has 1 rings (SSSR count). The lowest BCUT2D eigenvalue weighted by Crippen LogP contribution is -2.38. The van der Waals surface area contributed by atoms with Crippen LogP contribution in [0.5, 0.6) is 5.75 Å². The van der Waals surface area contributed by atoms with Gasteiger partial charge in [0.1, 0.15) is 11.3 Å². The van der Waals surface area contributed by atoms with Crippen LogP contribution in [0.3, 0.4) is 0 Å². The van der Waals surface area contributed by atoms with Crippen LogP contribution in [0.4, 0.5) is 10.5 Å². The number of nitrogens with one attached hydrogen (secondary N) is 1. The van der Waals surface area contributed by atoms with Gasteiger partial charge < -0.3 is 30.3 Å². The third-order valence-electron chi connectivity index (χ3n) is 2.71. The molecule has 0 fully saturated rings. The number of amides is 2. The number of hydrogen-bond acceptors (Lipinski definition) is 5. The van der Waals surface area contributed by atoms with Crippen LogP contribution in [0.2, 0.25) is 0 Å². The van der Waals surface area contributed by atoms with Crippen molar-refractivity contribution in [2.75, 3.05) is 38.7 Å². The highest BCUT2D eigenvalue weighted by Gasteiger charge is 2.15. The standard InChI is InChI=1S/C13H18N2O6/c1-21-11-8-9(2-3-10(11)12(18)19)14-13(20)15(4-6-16)5-7-17/h2-3,8,16-17H,4-7H2,1H3,(H,14,20)(H,18,19). The maximum absolute atomic E-state index is 11.9. The maximum Gasteiger partial charge on any atom is 0.339 e. The Bertz CT molecular complexity index is 499. The van der Waals surface area contributed by atoms with Gasteiger partial charge in [0.05, 0.1) is 20.3 Å². The van der Waals surface area contributed by atoms with E-state index in [-0.39, 0.29) is 37.6 Å². The zero-order chi connectivity index (χ0) is 15.8. The zero-order valence-electron chi connectivity index (χ0n) is 11.6. The second-order valence-electron chi connectivity index (χ2n) is 4.08. The Kier molecular flexibility index (Phi) is 6.44. The topological polar surface area (TPSA) is 119 Å². The fourth-order valence-corrected chi connectivity index (χ4v) is 1.70. The van der Waals surface area contributed by atoms with Crippen LogP contribution >= 0.6 is 0 Å². The monoisotopic (exact) mass is 298 g/mol. The first-order chi connectivity index (χ1) is 10.0. The van der Waals surface area contributed by atoms with Gasteiger partial charge in [0.25, 0.3) is 0 Å². The molecular weight excluding hydrogens is 280 g/mol. The van der Waals surface area contributed by atoms with Gasteiger partial charge in [-0.15, -0.1) is 0 Å². The Balaban J connectivity index is 2.86. The number of aliphatic hydroxyl groups is 2. The van der Waals surface area contributed by atoms with E-state index in [2.05, 4.69) is 5.32 Å². The smallest absolute Gasteiger partial charge is 0.339 e. The van der Waals surface area contributed by atoms with E-state index in [0.717, 1.165) is 0 Å². The number of carbonyl (C=O) groups excluding carboxylic acids is 1. The van der Waals surface area contributed by atoms with Gasteiger partial charge in [0.15, 0.2) is 0 Å². The van der Waals surface area contributed by atoms with Gasteiger partial charge in [-0.2, -0.15) is 0 Å². The number of aromatic carboxylic acids is 1. The van der Waals surface area contributed by atoms with Crippen molar-refractivity contribution in [1.82, 2.24) is 4.90 Å². The lowest BCUT2D eigenvalue weighted by molar-refractivity contribution is 0.0693. The van der Waals surface area contributed by atoms with Gasteiger partial charge in [-0.05, 0) is 12.1 Å². The first-order valence-electron chi connectivity index (χ1n) is 6.22. The molecule has 8 nitrogen and oxygen atoms in total. The molecule has 0 saturated heterocycles. The summed E-state index contributed by atoms with van der Waals surface area (Å²) in [6, 6.07) is 3.62. The number of nitrogens with zero attached hydrogens (tertiary/aromatic N) is 1. The average molecular weight is 298 g/mol. The van der Waals surface area contributed by atoms with Gasteiger partial charge in [0, 0.05) is 24.8 Å². The van der Waals surface area contributed by atoms with E-state index >= 15 is 0 Å². The quantitative estimate of drug-likeness (QED) is 0.571. The number of carbonyl (C=O) groups is 2. The van der Waals surface area contributed by atoms with Crippen molar-refractivity contribution >= 4 is 17.7 Å². The highest BCUT2D eigenvalue weighted by molar-refractivity contribution is 5.94. The van der Waals surface area contributed by atoms with Gasteiger partial charge in [-0.25, -0.2) is 9.59 Å². The number of rotatable bonds is 7. The molecule has 0 aromatic heterocycles.